The zero-order valence-corrected chi connectivity index (χ0v) is 17.0. The van der Waals surface area contributed by atoms with Crippen LogP contribution in [0.1, 0.15) is 60.6 Å². The molecule has 27 heavy (non-hydrogen) atoms. The first-order valence-electron chi connectivity index (χ1n) is 9.09. The van der Waals surface area contributed by atoms with Crippen molar-refractivity contribution in [2.75, 3.05) is 12.3 Å². The number of nitrogens with zero attached hydrogens (tertiary/aromatic N) is 2. The maximum atomic E-state index is 11.7. The highest BCUT2D eigenvalue weighted by Crippen LogP contribution is 2.27. The number of ether oxygens (including phenoxy) is 2. The van der Waals surface area contributed by atoms with Crippen LogP contribution < -0.4 is 11.4 Å². The molecular formula is C18H33N3O6. The van der Waals surface area contributed by atoms with Crippen LogP contribution in [0.3, 0.4) is 0 Å². The van der Waals surface area contributed by atoms with Gasteiger partial charge in [0.15, 0.2) is 5.79 Å². The first-order chi connectivity index (χ1) is 12.5. The SMILES string of the molecule is CC.CC(C)(O)O.CC(C)C(=O)OCC1CCC(n2ccc(N)nc2=O)O1. The third kappa shape index (κ3) is 10.7. The molecule has 9 nitrogen and oxygen atoms in total. The normalized spacial score (nSPS) is 18.9. The number of rotatable bonds is 4. The van der Waals surface area contributed by atoms with Gasteiger partial charge in [0.1, 0.15) is 18.7 Å². The number of anilines is 1. The van der Waals surface area contributed by atoms with E-state index in [0.717, 1.165) is 6.42 Å². The maximum absolute atomic E-state index is 11.7. The smallest absolute Gasteiger partial charge is 0.351 e. The first kappa shape index (κ1) is 25.0. The van der Waals surface area contributed by atoms with E-state index in [0.29, 0.717) is 6.42 Å². The summed E-state index contributed by atoms with van der Waals surface area (Å²) in [5.41, 5.74) is 5.00. The van der Waals surface area contributed by atoms with Gasteiger partial charge in [0.2, 0.25) is 0 Å². The molecule has 156 valence electrons. The van der Waals surface area contributed by atoms with E-state index in [-0.39, 0.29) is 36.6 Å². The van der Waals surface area contributed by atoms with Gasteiger partial charge in [-0.1, -0.05) is 27.7 Å². The van der Waals surface area contributed by atoms with Crippen LogP contribution in [0, 0.1) is 5.92 Å². The number of nitrogen functional groups attached to an aromatic ring is 1. The number of nitrogens with two attached hydrogens (primary N) is 1. The summed E-state index contributed by atoms with van der Waals surface area (Å²) >= 11 is 0. The van der Waals surface area contributed by atoms with E-state index in [9.17, 15) is 9.59 Å². The van der Waals surface area contributed by atoms with Gasteiger partial charge < -0.3 is 25.4 Å². The molecule has 2 rings (SSSR count). The molecule has 1 aliphatic heterocycles. The Morgan fingerprint density at radius 3 is 2.44 bits per heavy atom. The predicted molar refractivity (Wildman–Crippen MR) is 102 cm³/mol. The Kier molecular flexibility index (Phi) is 10.8. The summed E-state index contributed by atoms with van der Waals surface area (Å²) in [6.45, 7) is 10.4. The van der Waals surface area contributed by atoms with Crippen molar-refractivity contribution in [1.82, 2.24) is 9.55 Å². The van der Waals surface area contributed by atoms with Crippen molar-refractivity contribution >= 4 is 11.8 Å². The van der Waals surface area contributed by atoms with E-state index >= 15 is 0 Å². The zero-order valence-electron chi connectivity index (χ0n) is 17.0. The Hall–Kier alpha value is -1.97. The van der Waals surface area contributed by atoms with Gasteiger partial charge in [-0.2, -0.15) is 4.98 Å². The molecule has 2 unspecified atom stereocenters. The lowest BCUT2D eigenvalue weighted by molar-refractivity contribution is -0.152. The third-order valence-corrected chi connectivity index (χ3v) is 3.13. The number of aliphatic hydroxyl groups is 2. The van der Waals surface area contributed by atoms with E-state index in [1.807, 2.05) is 13.8 Å². The van der Waals surface area contributed by atoms with Crippen LogP contribution in [0.2, 0.25) is 0 Å². The molecule has 1 aliphatic rings. The molecule has 1 fully saturated rings. The number of esters is 1. The molecule has 1 aromatic heterocycles. The average molecular weight is 387 g/mol. The van der Waals surface area contributed by atoms with Crippen molar-refractivity contribution in [2.45, 2.75) is 72.5 Å². The average Bonchev–Trinajstić information content (AvgIpc) is 3.01. The van der Waals surface area contributed by atoms with Crippen LogP contribution in [0.5, 0.6) is 0 Å². The molecule has 2 heterocycles. The van der Waals surface area contributed by atoms with Gasteiger partial charge in [0.05, 0.1) is 12.0 Å². The number of hydrogen-bond acceptors (Lipinski definition) is 8. The second kappa shape index (κ2) is 11.7. The molecule has 0 spiro atoms. The molecular weight excluding hydrogens is 354 g/mol. The highest BCUT2D eigenvalue weighted by atomic mass is 16.6. The van der Waals surface area contributed by atoms with E-state index in [2.05, 4.69) is 4.98 Å². The molecule has 0 radical (unpaired) electrons. The van der Waals surface area contributed by atoms with Gasteiger partial charge in [-0.05, 0) is 32.8 Å². The van der Waals surface area contributed by atoms with Gasteiger partial charge in [0, 0.05) is 6.20 Å². The summed E-state index contributed by atoms with van der Waals surface area (Å²) in [4.78, 5) is 26.7. The van der Waals surface area contributed by atoms with Crippen LogP contribution in [0.25, 0.3) is 0 Å². The lowest BCUT2D eigenvalue weighted by Crippen LogP contribution is -2.28. The minimum Gasteiger partial charge on any atom is -0.463 e. The molecule has 9 heteroatoms. The summed E-state index contributed by atoms with van der Waals surface area (Å²) in [6.07, 6.45) is 2.41. The summed E-state index contributed by atoms with van der Waals surface area (Å²) in [6, 6.07) is 1.55. The lowest BCUT2D eigenvalue weighted by Gasteiger charge is -2.16. The monoisotopic (exact) mass is 387 g/mol. The quantitative estimate of drug-likeness (QED) is 0.521. The van der Waals surface area contributed by atoms with Gasteiger partial charge in [-0.25, -0.2) is 4.79 Å². The number of carbonyl (C=O) groups is 1. The van der Waals surface area contributed by atoms with Crippen molar-refractivity contribution in [1.29, 1.82) is 0 Å². The molecule has 4 N–H and O–H groups in total. The second-order valence-corrected chi connectivity index (χ2v) is 6.61. The Bertz CT molecular complexity index is 618. The highest BCUT2D eigenvalue weighted by Gasteiger charge is 2.28. The second-order valence-electron chi connectivity index (χ2n) is 6.61. The van der Waals surface area contributed by atoms with Gasteiger partial charge in [0.25, 0.3) is 0 Å². The van der Waals surface area contributed by atoms with Crippen LogP contribution in [0.4, 0.5) is 5.82 Å². The largest absolute Gasteiger partial charge is 0.463 e. The summed E-state index contributed by atoms with van der Waals surface area (Å²) in [5.74, 6) is -1.72. The van der Waals surface area contributed by atoms with Crippen LogP contribution >= 0.6 is 0 Å². The molecule has 2 atom stereocenters. The molecule has 0 bridgehead atoms. The van der Waals surface area contributed by atoms with Gasteiger partial charge in [-0.15, -0.1) is 0 Å². The molecule has 1 saturated heterocycles. The maximum Gasteiger partial charge on any atom is 0.351 e. The predicted octanol–water partition coefficient (Wildman–Crippen LogP) is 1.44. The van der Waals surface area contributed by atoms with Crippen molar-refractivity contribution in [2.24, 2.45) is 5.92 Å². The van der Waals surface area contributed by atoms with Crippen molar-refractivity contribution in [3.05, 3.63) is 22.7 Å². The van der Waals surface area contributed by atoms with Crippen LogP contribution in [0.15, 0.2) is 17.1 Å². The third-order valence-electron chi connectivity index (χ3n) is 3.13. The molecule has 0 saturated carbocycles. The Morgan fingerprint density at radius 1 is 1.41 bits per heavy atom. The van der Waals surface area contributed by atoms with Crippen LogP contribution in [-0.4, -0.2) is 44.2 Å². The first-order valence-corrected chi connectivity index (χ1v) is 9.09. The minimum atomic E-state index is -1.50. The Balaban J connectivity index is 0.000000838. The molecule has 0 aromatic carbocycles. The van der Waals surface area contributed by atoms with E-state index in [1.54, 1.807) is 26.1 Å². The summed E-state index contributed by atoms with van der Waals surface area (Å²) < 4.78 is 12.2. The highest BCUT2D eigenvalue weighted by molar-refractivity contribution is 5.71. The van der Waals surface area contributed by atoms with Crippen molar-refractivity contribution in [3.63, 3.8) is 0 Å². The standard InChI is InChI=1S/C13H19N3O4.C3H8O2.C2H6/c1-8(2)12(17)19-7-9-3-4-11(20-9)16-6-5-10(14)15-13(16)18;1-3(2,4)5;1-2/h5-6,8-9,11H,3-4,7H2,1-2H3,(H2,14,15,18);4-5H,1-2H3;1-2H3. The summed E-state index contributed by atoms with van der Waals surface area (Å²) in [5, 5.41) is 16.2. The van der Waals surface area contributed by atoms with Crippen molar-refractivity contribution in [3.8, 4) is 0 Å². The molecule has 0 aliphatic carbocycles. The number of hydrogen-bond donors (Lipinski definition) is 3. The van der Waals surface area contributed by atoms with E-state index in [1.165, 1.54) is 18.4 Å². The lowest BCUT2D eigenvalue weighted by atomic mass is 10.2. The minimum absolute atomic E-state index is 0.156. The summed E-state index contributed by atoms with van der Waals surface area (Å²) in [7, 11) is 0. The number of carbonyl (C=O) groups excluding carboxylic acids is 1. The van der Waals surface area contributed by atoms with Crippen molar-refractivity contribution < 1.29 is 24.5 Å². The van der Waals surface area contributed by atoms with Gasteiger partial charge in [-0.3, -0.25) is 9.36 Å². The Labute approximate surface area is 160 Å². The zero-order chi connectivity index (χ0) is 21.2. The molecule has 0 amide bonds. The van der Waals surface area contributed by atoms with Crippen LogP contribution in [-0.2, 0) is 14.3 Å². The Morgan fingerprint density at radius 2 is 1.96 bits per heavy atom. The van der Waals surface area contributed by atoms with Gasteiger partial charge >= 0.3 is 11.7 Å². The molecule has 1 aromatic rings. The number of aromatic nitrogens is 2. The fraction of sp³-hybridized carbons (Fsp3) is 0.722. The van der Waals surface area contributed by atoms with E-state index in [4.69, 9.17) is 25.4 Å². The van der Waals surface area contributed by atoms with E-state index < -0.39 is 11.5 Å². The topological polar surface area (TPSA) is 137 Å². The fourth-order valence-electron chi connectivity index (χ4n) is 2.00. The fourth-order valence-corrected chi connectivity index (χ4v) is 2.00.